The quantitative estimate of drug-likeness (QED) is 0.459. The summed E-state index contributed by atoms with van der Waals surface area (Å²) in [5.74, 6) is 0.222. The summed E-state index contributed by atoms with van der Waals surface area (Å²) >= 11 is 4.32. The van der Waals surface area contributed by atoms with E-state index in [1.165, 1.54) is 32.4 Å². The molecule has 0 unspecified atom stereocenters. The van der Waals surface area contributed by atoms with Gasteiger partial charge in [0, 0.05) is 0 Å². The maximum absolute atomic E-state index is 8.57. The van der Waals surface area contributed by atoms with Gasteiger partial charge < -0.3 is 5.32 Å². The van der Waals surface area contributed by atoms with Crippen LogP contribution in [0.1, 0.15) is 19.3 Å². The van der Waals surface area contributed by atoms with E-state index in [1.807, 2.05) is 0 Å². The maximum Gasteiger partial charge on any atom is 0.208 e. The number of halogens is 2. The van der Waals surface area contributed by atoms with Crippen LogP contribution in [0.2, 0.25) is 0 Å². The van der Waals surface area contributed by atoms with E-state index in [1.54, 1.807) is 0 Å². The summed E-state index contributed by atoms with van der Waals surface area (Å²) in [4.78, 5) is 8.57. The zero-order chi connectivity index (χ0) is 6.95. The summed E-state index contributed by atoms with van der Waals surface area (Å²) in [5, 5.41) is 3.28. The fourth-order valence-corrected chi connectivity index (χ4v) is 0.802. The van der Waals surface area contributed by atoms with Crippen molar-refractivity contribution in [1.29, 1.82) is 0 Å². The molecular formula is C6H13Cl2NO. The Hall–Kier alpha value is 0.210. The molecule has 1 heterocycles. The summed E-state index contributed by atoms with van der Waals surface area (Å²) in [7, 11) is 0. The Morgan fingerprint density at radius 3 is 1.70 bits per heavy atom. The minimum Gasteiger partial charge on any atom is -0.317 e. The number of carbonyl (C=O) groups is 1. The summed E-state index contributed by atoms with van der Waals surface area (Å²) < 4.78 is 0. The van der Waals surface area contributed by atoms with Crippen LogP contribution in [0, 0.1) is 0 Å². The van der Waals surface area contributed by atoms with E-state index >= 15 is 0 Å². The zero-order valence-electron chi connectivity index (χ0n) is 5.81. The molecule has 4 heteroatoms. The molecule has 0 spiro atoms. The highest BCUT2D eigenvalue weighted by Crippen LogP contribution is 1.96. The fourth-order valence-electron chi connectivity index (χ4n) is 0.802. The molecule has 2 nitrogen and oxygen atoms in total. The van der Waals surface area contributed by atoms with Crippen LogP contribution < -0.4 is 5.32 Å². The van der Waals surface area contributed by atoms with E-state index in [0.717, 1.165) is 0 Å². The van der Waals surface area contributed by atoms with Gasteiger partial charge in [0.05, 0.1) is 0 Å². The molecule has 1 rings (SSSR count). The normalized spacial score (nSPS) is 15.7. The van der Waals surface area contributed by atoms with Gasteiger partial charge in [0.2, 0.25) is 5.75 Å². The Morgan fingerprint density at radius 2 is 1.60 bits per heavy atom. The van der Waals surface area contributed by atoms with Crippen molar-refractivity contribution in [3.63, 3.8) is 0 Å². The van der Waals surface area contributed by atoms with E-state index in [9.17, 15) is 0 Å². The van der Waals surface area contributed by atoms with Gasteiger partial charge in [-0.1, -0.05) is 6.42 Å². The molecule has 1 saturated heterocycles. The molecule has 0 aromatic heterocycles. The number of rotatable bonds is 0. The van der Waals surface area contributed by atoms with Gasteiger partial charge in [0.15, 0.2) is 0 Å². The van der Waals surface area contributed by atoms with Crippen molar-refractivity contribution >= 4 is 29.8 Å². The predicted molar refractivity (Wildman–Crippen MR) is 46.6 cm³/mol. The number of nitrogens with one attached hydrogen (secondary N) is 1. The first-order chi connectivity index (χ1) is 4.41. The van der Waals surface area contributed by atoms with Gasteiger partial charge in [-0.15, -0.1) is 12.4 Å². The van der Waals surface area contributed by atoms with Gasteiger partial charge in [-0.05, 0) is 37.5 Å². The Bertz CT molecular complexity index is 55.3. The van der Waals surface area contributed by atoms with Gasteiger partial charge in [0.25, 0.3) is 0 Å². The monoisotopic (exact) mass is 185 g/mol. The molecule has 1 aliphatic rings. The molecule has 62 valence electrons. The van der Waals surface area contributed by atoms with Crippen molar-refractivity contribution in [3.8, 4) is 0 Å². The third-order valence-electron chi connectivity index (χ3n) is 1.21. The Labute approximate surface area is 72.7 Å². The fraction of sp³-hybridized carbons (Fsp3) is 0.833. The Kier molecular flexibility index (Phi) is 15.3. The van der Waals surface area contributed by atoms with Crippen molar-refractivity contribution in [1.82, 2.24) is 5.32 Å². The predicted octanol–water partition coefficient (Wildman–Crippen LogP) is 1.60. The van der Waals surface area contributed by atoms with Crippen molar-refractivity contribution in [2.45, 2.75) is 19.3 Å². The lowest BCUT2D eigenvalue weighted by Crippen LogP contribution is -2.21. The van der Waals surface area contributed by atoms with Crippen molar-refractivity contribution in [3.05, 3.63) is 0 Å². The van der Waals surface area contributed by atoms with Crippen LogP contribution in [0.25, 0.3) is 0 Å². The van der Waals surface area contributed by atoms with Gasteiger partial charge in [-0.2, -0.15) is 0 Å². The largest absolute Gasteiger partial charge is 0.317 e. The highest BCUT2D eigenvalue weighted by molar-refractivity contribution is 6.54. The van der Waals surface area contributed by atoms with Crippen LogP contribution in [-0.4, -0.2) is 18.8 Å². The van der Waals surface area contributed by atoms with Crippen LogP contribution in [-0.2, 0) is 4.79 Å². The summed E-state index contributed by atoms with van der Waals surface area (Å²) in [6.07, 6.45) is 4.22. The van der Waals surface area contributed by atoms with Crippen LogP contribution in [0.5, 0.6) is 0 Å². The van der Waals surface area contributed by atoms with Crippen LogP contribution in [0.4, 0.5) is 0 Å². The molecule has 10 heavy (non-hydrogen) atoms. The Morgan fingerprint density at radius 1 is 1.20 bits per heavy atom. The van der Waals surface area contributed by atoms with Gasteiger partial charge >= 0.3 is 0 Å². The SMILES string of the molecule is C1CCNCC1.Cl.O=CCl. The molecule has 0 aromatic rings. The number of hydrogen-bond donors (Lipinski definition) is 1. The number of piperidine rings is 1. The van der Waals surface area contributed by atoms with Crippen molar-refractivity contribution in [2.75, 3.05) is 13.1 Å². The molecule has 1 aliphatic heterocycles. The third-order valence-corrected chi connectivity index (χ3v) is 1.21. The number of carbonyl (C=O) groups excluding carboxylic acids is 1. The minimum absolute atomic E-state index is 0. The number of hydrogen-bond acceptors (Lipinski definition) is 2. The molecule has 0 aromatic carbocycles. The molecule has 0 aliphatic carbocycles. The molecule has 0 saturated carbocycles. The first kappa shape index (κ1) is 12.8. The lowest BCUT2D eigenvalue weighted by atomic mass is 10.2. The lowest BCUT2D eigenvalue weighted by molar-refractivity contribution is 0.520. The second kappa shape index (κ2) is 11.9. The molecule has 0 amide bonds. The molecule has 0 bridgehead atoms. The highest BCUT2D eigenvalue weighted by Gasteiger charge is 1.93. The summed E-state index contributed by atoms with van der Waals surface area (Å²) in [6.45, 7) is 2.50. The summed E-state index contributed by atoms with van der Waals surface area (Å²) in [5.41, 5.74) is 0. The lowest BCUT2D eigenvalue weighted by Gasteiger charge is -2.08. The first-order valence-corrected chi connectivity index (χ1v) is 3.60. The van der Waals surface area contributed by atoms with E-state index < -0.39 is 0 Å². The topological polar surface area (TPSA) is 29.1 Å². The molecule has 0 atom stereocenters. The van der Waals surface area contributed by atoms with Crippen LogP contribution >= 0.6 is 24.0 Å². The van der Waals surface area contributed by atoms with E-state index in [-0.39, 0.29) is 18.2 Å². The smallest absolute Gasteiger partial charge is 0.208 e. The zero-order valence-corrected chi connectivity index (χ0v) is 7.38. The Balaban J connectivity index is 0. The van der Waals surface area contributed by atoms with Gasteiger partial charge in [-0.3, -0.25) is 4.79 Å². The van der Waals surface area contributed by atoms with E-state index in [4.69, 9.17) is 4.79 Å². The van der Waals surface area contributed by atoms with Crippen molar-refractivity contribution < 1.29 is 4.79 Å². The average molecular weight is 186 g/mol. The standard InChI is InChI=1S/C5H11N.CHClO.ClH/c1-2-4-6-5-3-1;2-1-3;/h6H,1-5H2;1H;1H. The maximum atomic E-state index is 8.57. The average Bonchev–Trinajstić information content (AvgIpc) is 1.93. The minimum atomic E-state index is 0. The molecule has 0 radical (unpaired) electrons. The van der Waals surface area contributed by atoms with Crippen LogP contribution in [0.3, 0.4) is 0 Å². The highest BCUT2D eigenvalue weighted by atomic mass is 35.5. The van der Waals surface area contributed by atoms with Gasteiger partial charge in [0.1, 0.15) is 0 Å². The first-order valence-electron chi connectivity index (χ1n) is 3.16. The summed E-state index contributed by atoms with van der Waals surface area (Å²) in [6, 6.07) is 0. The molecule has 1 N–H and O–H groups in total. The van der Waals surface area contributed by atoms with E-state index in [0.29, 0.717) is 0 Å². The van der Waals surface area contributed by atoms with E-state index in [2.05, 4.69) is 16.9 Å². The third kappa shape index (κ3) is 11.1. The second-order valence-corrected chi connectivity index (χ2v) is 2.08. The second-order valence-electron chi connectivity index (χ2n) is 1.90. The molecule has 1 fully saturated rings. The van der Waals surface area contributed by atoms with Gasteiger partial charge in [-0.25, -0.2) is 0 Å². The van der Waals surface area contributed by atoms with Crippen LogP contribution in [0.15, 0.2) is 0 Å². The molecular weight excluding hydrogens is 173 g/mol. The van der Waals surface area contributed by atoms with Crippen molar-refractivity contribution in [2.24, 2.45) is 0 Å².